The molecule has 0 fully saturated rings. The van der Waals surface area contributed by atoms with E-state index in [0.717, 1.165) is 15.2 Å². The van der Waals surface area contributed by atoms with Gasteiger partial charge in [0.05, 0.1) is 15.7 Å². The predicted molar refractivity (Wildman–Crippen MR) is 75.8 cm³/mol. The molecule has 2 aromatic rings. The van der Waals surface area contributed by atoms with Crippen molar-refractivity contribution in [2.75, 3.05) is 0 Å². The van der Waals surface area contributed by atoms with Gasteiger partial charge in [-0.1, -0.05) is 35.0 Å². The Balaban J connectivity index is 2.07. The van der Waals surface area contributed by atoms with Crippen molar-refractivity contribution in [3.05, 3.63) is 50.8 Å². The number of pyridine rings is 2. The molecule has 0 aliphatic heterocycles. The maximum Gasteiger partial charge on any atom is 0.129 e. The van der Waals surface area contributed by atoms with Crippen LogP contribution in [0, 0.1) is 0 Å². The third-order valence-corrected chi connectivity index (χ3v) is 3.92. The highest BCUT2D eigenvalue weighted by molar-refractivity contribution is 9.10. The molecule has 17 heavy (non-hydrogen) atoms. The summed E-state index contributed by atoms with van der Waals surface area (Å²) in [4.78, 5) is 8.44. The van der Waals surface area contributed by atoms with E-state index in [9.17, 15) is 0 Å². The molecule has 2 heterocycles. The second-order valence-electron chi connectivity index (χ2n) is 3.17. The number of hydrogen-bond acceptors (Lipinski definition) is 3. The topological polar surface area (TPSA) is 25.8 Å². The lowest BCUT2D eigenvalue weighted by Crippen LogP contribution is -1.89. The Labute approximate surface area is 122 Å². The molecule has 0 saturated carbocycles. The summed E-state index contributed by atoms with van der Waals surface area (Å²) in [6.07, 6.45) is 1.76. The minimum atomic E-state index is 0.453. The van der Waals surface area contributed by atoms with Gasteiger partial charge in [0.2, 0.25) is 0 Å². The summed E-state index contributed by atoms with van der Waals surface area (Å²) in [5, 5.41) is 2.00. The lowest BCUT2D eigenvalue weighted by Gasteiger charge is -2.03. The van der Waals surface area contributed by atoms with Crippen molar-refractivity contribution in [3.63, 3.8) is 0 Å². The number of nitrogens with zero attached hydrogens (tertiary/aromatic N) is 2. The average Bonchev–Trinajstić information content (AvgIpc) is 2.32. The van der Waals surface area contributed by atoms with E-state index in [-0.39, 0.29) is 0 Å². The van der Waals surface area contributed by atoms with Crippen LogP contribution < -0.4 is 0 Å². The highest BCUT2D eigenvalue weighted by Gasteiger charge is 2.04. The van der Waals surface area contributed by atoms with Gasteiger partial charge in [0.1, 0.15) is 5.15 Å². The van der Waals surface area contributed by atoms with Crippen LogP contribution >= 0.6 is 50.9 Å². The first-order chi connectivity index (χ1) is 8.15. The summed E-state index contributed by atoms with van der Waals surface area (Å²) < 4.78 is 0.959. The van der Waals surface area contributed by atoms with Crippen molar-refractivity contribution in [3.8, 4) is 0 Å². The monoisotopic (exact) mass is 348 g/mol. The van der Waals surface area contributed by atoms with E-state index in [1.54, 1.807) is 30.1 Å². The molecule has 2 rings (SSSR count). The fraction of sp³-hybridized carbons (Fsp3) is 0.0909. The average molecular weight is 350 g/mol. The molecule has 2 aromatic heterocycles. The number of halogens is 3. The Bertz CT molecular complexity index is 519. The summed E-state index contributed by atoms with van der Waals surface area (Å²) in [5.41, 5.74) is 0.772. The van der Waals surface area contributed by atoms with Crippen LogP contribution in [-0.2, 0) is 5.75 Å². The lowest BCUT2D eigenvalue weighted by atomic mass is 10.4. The molecule has 0 aliphatic rings. The number of rotatable bonds is 3. The van der Waals surface area contributed by atoms with E-state index in [1.165, 1.54) is 0 Å². The first-order valence-corrected chi connectivity index (χ1v) is 7.24. The Hall–Kier alpha value is -0.290. The molecular formula is C11H7BrCl2N2S. The van der Waals surface area contributed by atoms with Gasteiger partial charge in [-0.25, -0.2) is 9.97 Å². The van der Waals surface area contributed by atoms with Crippen molar-refractivity contribution < 1.29 is 0 Å². The predicted octanol–water partition coefficient (Wildman–Crippen LogP) is 4.84. The summed E-state index contributed by atoms with van der Waals surface area (Å²) in [6.45, 7) is 0. The summed E-state index contributed by atoms with van der Waals surface area (Å²) in [6, 6.07) is 7.31. The maximum atomic E-state index is 6.03. The van der Waals surface area contributed by atoms with Gasteiger partial charge in [-0.2, -0.15) is 0 Å². The molecule has 0 saturated heterocycles. The van der Waals surface area contributed by atoms with E-state index < -0.39 is 0 Å². The highest BCUT2D eigenvalue weighted by Crippen LogP contribution is 2.25. The molecule has 6 heteroatoms. The van der Waals surface area contributed by atoms with E-state index in [0.29, 0.717) is 15.9 Å². The van der Waals surface area contributed by atoms with Gasteiger partial charge in [0, 0.05) is 16.4 Å². The second kappa shape index (κ2) is 6.05. The minimum Gasteiger partial charge on any atom is -0.249 e. The molecule has 0 radical (unpaired) electrons. The zero-order valence-corrected chi connectivity index (χ0v) is 12.4. The first kappa shape index (κ1) is 13.1. The van der Waals surface area contributed by atoms with E-state index in [2.05, 4.69) is 25.9 Å². The smallest absolute Gasteiger partial charge is 0.129 e. The van der Waals surface area contributed by atoms with Gasteiger partial charge in [0.15, 0.2) is 0 Å². The van der Waals surface area contributed by atoms with Gasteiger partial charge < -0.3 is 0 Å². The normalized spacial score (nSPS) is 10.5. The van der Waals surface area contributed by atoms with Crippen LogP contribution in [0.25, 0.3) is 0 Å². The summed E-state index contributed by atoms with van der Waals surface area (Å²) in [7, 11) is 0. The standard InChI is InChI=1S/C11H7BrCl2N2S/c12-7-1-4-11(15-5-7)17-6-9-8(13)2-3-10(14)16-9/h1-5H,6H2. The Morgan fingerprint density at radius 2 is 2.00 bits per heavy atom. The van der Waals surface area contributed by atoms with Crippen molar-refractivity contribution in [1.29, 1.82) is 0 Å². The summed E-state index contributed by atoms with van der Waals surface area (Å²) >= 11 is 16.8. The van der Waals surface area contributed by atoms with Crippen LogP contribution in [0.15, 0.2) is 40.0 Å². The van der Waals surface area contributed by atoms with Crippen molar-refractivity contribution in [2.45, 2.75) is 10.8 Å². The van der Waals surface area contributed by atoms with Crippen LogP contribution in [0.1, 0.15) is 5.69 Å². The Morgan fingerprint density at radius 1 is 1.18 bits per heavy atom. The van der Waals surface area contributed by atoms with Crippen molar-refractivity contribution in [2.24, 2.45) is 0 Å². The first-order valence-electron chi connectivity index (χ1n) is 4.70. The molecule has 2 nitrogen and oxygen atoms in total. The quantitative estimate of drug-likeness (QED) is 0.585. The van der Waals surface area contributed by atoms with Gasteiger partial charge in [0.25, 0.3) is 0 Å². The van der Waals surface area contributed by atoms with Crippen LogP contribution in [0.5, 0.6) is 0 Å². The Morgan fingerprint density at radius 3 is 2.71 bits per heavy atom. The van der Waals surface area contributed by atoms with Gasteiger partial charge in [-0.05, 0) is 40.2 Å². The van der Waals surface area contributed by atoms with Crippen molar-refractivity contribution in [1.82, 2.24) is 9.97 Å². The maximum absolute atomic E-state index is 6.03. The van der Waals surface area contributed by atoms with Gasteiger partial charge >= 0.3 is 0 Å². The molecule has 0 aromatic carbocycles. The number of thioether (sulfide) groups is 1. The fourth-order valence-electron chi connectivity index (χ4n) is 1.15. The lowest BCUT2D eigenvalue weighted by molar-refractivity contribution is 1.11. The third-order valence-electron chi connectivity index (χ3n) is 1.94. The molecule has 0 N–H and O–H groups in total. The van der Waals surface area contributed by atoms with E-state index >= 15 is 0 Å². The molecule has 0 amide bonds. The highest BCUT2D eigenvalue weighted by atomic mass is 79.9. The second-order valence-corrected chi connectivity index (χ2v) is 5.87. The van der Waals surface area contributed by atoms with Crippen LogP contribution in [0.3, 0.4) is 0 Å². The molecule has 0 atom stereocenters. The largest absolute Gasteiger partial charge is 0.249 e. The number of hydrogen-bond donors (Lipinski definition) is 0. The minimum absolute atomic E-state index is 0.453. The van der Waals surface area contributed by atoms with E-state index in [4.69, 9.17) is 23.2 Å². The molecular weight excluding hydrogens is 343 g/mol. The zero-order valence-electron chi connectivity index (χ0n) is 8.53. The van der Waals surface area contributed by atoms with Crippen LogP contribution in [0.2, 0.25) is 10.2 Å². The molecule has 0 aliphatic carbocycles. The molecule has 0 unspecified atom stereocenters. The third kappa shape index (κ3) is 3.85. The SMILES string of the molecule is Clc1ccc(Cl)c(CSc2ccc(Br)cn2)n1. The van der Waals surface area contributed by atoms with Crippen LogP contribution in [-0.4, -0.2) is 9.97 Å². The van der Waals surface area contributed by atoms with Gasteiger partial charge in [-0.3, -0.25) is 0 Å². The van der Waals surface area contributed by atoms with Crippen LogP contribution in [0.4, 0.5) is 0 Å². The number of aromatic nitrogens is 2. The van der Waals surface area contributed by atoms with E-state index in [1.807, 2.05) is 12.1 Å². The molecule has 88 valence electrons. The Kier molecular flexibility index (Phi) is 4.68. The van der Waals surface area contributed by atoms with Gasteiger partial charge in [-0.15, -0.1) is 0 Å². The van der Waals surface area contributed by atoms with Crippen molar-refractivity contribution >= 4 is 50.9 Å². The zero-order chi connectivity index (χ0) is 12.3. The molecule has 0 spiro atoms. The fourth-order valence-corrected chi connectivity index (χ4v) is 2.60. The molecule has 0 bridgehead atoms. The summed E-state index contributed by atoms with van der Waals surface area (Å²) in [5.74, 6) is 0.647.